The molecule has 1 aromatic carbocycles. The molecule has 3 aromatic heterocycles. The van der Waals surface area contributed by atoms with Gasteiger partial charge in [0.15, 0.2) is 0 Å². The van der Waals surface area contributed by atoms with Gasteiger partial charge in [0.2, 0.25) is 0 Å². The lowest BCUT2D eigenvalue weighted by atomic mass is 10.1. The average Bonchev–Trinajstić information content (AvgIpc) is 2.74. The molecule has 4 aromatic rings. The van der Waals surface area contributed by atoms with Gasteiger partial charge in [-0.05, 0) is 24.3 Å². The molecule has 1 aliphatic heterocycles. The number of para-hydroxylation sites is 2. The highest BCUT2D eigenvalue weighted by Crippen LogP contribution is 2.19. The van der Waals surface area contributed by atoms with E-state index in [1.165, 1.54) is 0 Å². The van der Waals surface area contributed by atoms with E-state index in [2.05, 4.69) is 29.8 Å². The van der Waals surface area contributed by atoms with E-state index in [0.717, 1.165) is 46.5 Å². The van der Waals surface area contributed by atoms with Crippen LogP contribution in [0.15, 0.2) is 59.8 Å². The van der Waals surface area contributed by atoms with Crippen molar-refractivity contribution in [2.24, 2.45) is 0 Å². The van der Waals surface area contributed by atoms with Crippen molar-refractivity contribution in [3.8, 4) is 11.4 Å². The molecule has 0 unspecified atom stereocenters. The molecule has 0 atom stereocenters. The molecule has 0 saturated heterocycles. The molecule has 7 nitrogen and oxygen atoms in total. The summed E-state index contributed by atoms with van der Waals surface area (Å²) in [5.41, 5.74) is 5.00. The smallest absolute Gasteiger partial charge is 0.255 e. The third kappa shape index (κ3) is 3.16. The Bertz CT molecular complexity index is 1200. The summed E-state index contributed by atoms with van der Waals surface area (Å²) in [6.45, 7) is 2.03. The molecule has 28 heavy (non-hydrogen) atoms. The molecule has 0 radical (unpaired) electrons. The van der Waals surface area contributed by atoms with Crippen LogP contribution in [0.5, 0.6) is 0 Å². The Balaban J connectivity index is 1.39. The fraction of sp³-hybridized carbons (Fsp3) is 0.190. The molecular formula is C21H18N6O. The van der Waals surface area contributed by atoms with Gasteiger partial charge in [0.05, 0.1) is 34.2 Å². The van der Waals surface area contributed by atoms with Crippen molar-refractivity contribution in [1.82, 2.24) is 29.8 Å². The largest absolute Gasteiger partial charge is 0.306 e. The second kappa shape index (κ2) is 6.94. The number of aromatic amines is 1. The van der Waals surface area contributed by atoms with E-state index in [0.29, 0.717) is 18.9 Å². The predicted octanol–water partition coefficient (Wildman–Crippen LogP) is 2.33. The van der Waals surface area contributed by atoms with Crippen LogP contribution in [0.2, 0.25) is 0 Å². The van der Waals surface area contributed by atoms with Gasteiger partial charge < -0.3 is 4.98 Å². The molecule has 0 fully saturated rings. The van der Waals surface area contributed by atoms with E-state index in [1.807, 2.05) is 42.6 Å². The van der Waals surface area contributed by atoms with Crippen molar-refractivity contribution in [2.45, 2.75) is 19.5 Å². The highest BCUT2D eigenvalue weighted by molar-refractivity contribution is 5.73. The maximum absolute atomic E-state index is 12.7. The molecule has 138 valence electrons. The zero-order chi connectivity index (χ0) is 18.9. The van der Waals surface area contributed by atoms with Crippen LogP contribution in [0, 0.1) is 0 Å². The molecular weight excluding hydrogens is 352 g/mol. The van der Waals surface area contributed by atoms with Gasteiger partial charge in [0, 0.05) is 44.0 Å². The number of pyridine rings is 1. The van der Waals surface area contributed by atoms with Crippen LogP contribution in [0.1, 0.15) is 17.0 Å². The van der Waals surface area contributed by atoms with Crippen LogP contribution in [-0.4, -0.2) is 36.4 Å². The van der Waals surface area contributed by atoms with Gasteiger partial charge in [-0.2, -0.15) is 0 Å². The van der Waals surface area contributed by atoms with E-state index in [-0.39, 0.29) is 5.56 Å². The molecule has 1 aliphatic rings. The maximum Gasteiger partial charge on any atom is 0.255 e. The summed E-state index contributed by atoms with van der Waals surface area (Å²) in [5.74, 6) is 0.575. The molecule has 0 spiro atoms. The first-order valence-corrected chi connectivity index (χ1v) is 9.22. The first-order valence-electron chi connectivity index (χ1n) is 9.22. The lowest BCUT2D eigenvalue weighted by molar-refractivity contribution is 0.239. The Morgan fingerprint density at radius 1 is 1.04 bits per heavy atom. The minimum absolute atomic E-state index is 0.0850. The second-order valence-electron chi connectivity index (χ2n) is 6.89. The Morgan fingerprint density at radius 3 is 2.79 bits per heavy atom. The van der Waals surface area contributed by atoms with Gasteiger partial charge in [0.25, 0.3) is 5.56 Å². The van der Waals surface area contributed by atoms with E-state index < -0.39 is 0 Å². The summed E-state index contributed by atoms with van der Waals surface area (Å²) < 4.78 is 0. The Morgan fingerprint density at radius 2 is 1.93 bits per heavy atom. The van der Waals surface area contributed by atoms with Crippen molar-refractivity contribution >= 4 is 11.0 Å². The fourth-order valence-corrected chi connectivity index (χ4v) is 3.56. The number of nitrogens with zero attached hydrogens (tertiary/aromatic N) is 5. The van der Waals surface area contributed by atoms with E-state index in [1.54, 1.807) is 12.4 Å². The van der Waals surface area contributed by atoms with Crippen LogP contribution in [0.25, 0.3) is 22.4 Å². The summed E-state index contributed by atoms with van der Waals surface area (Å²) in [4.78, 5) is 35.7. The zero-order valence-electron chi connectivity index (χ0n) is 15.2. The number of rotatable bonds is 3. The number of fused-ring (bicyclic) bond motifs is 2. The molecule has 0 bridgehead atoms. The van der Waals surface area contributed by atoms with Crippen LogP contribution in [0.3, 0.4) is 0 Å². The SMILES string of the molecule is O=c1[nH]c(-c2cccnc2)nc2c1CN(Cc1cnc3ccccc3n1)CC2. The topological polar surface area (TPSA) is 87.7 Å². The number of nitrogens with one attached hydrogen (secondary N) is 1. The summed E-state index contributed by atoms with van der Waals surface area (Å²) in [6.07, 6.45) is 5.95. The molecule has 1 N–H and O–H groups in total. The van der Waals surface area contributed by atoms with Gasteiger partial charge >= 0.3 is 0 Å². The van der Waals surface area contributed by atoms with Crippen LogP contribution in [-0.2, 0) is 19.5 Å². The summed E-state index contributed by atoms with van der Waals surface area (Å²) >= 11 is 0. The van der Waals surface area contributed by atoms with Crippen molar-refractivity contribution < 1.29 is 0 Å². The van der Waals surface area contributed by atoms with E-state index in [4.69, 9.17) is 0 Å². The molecule has 0 amide bonds. The summed E-state index contributed by atoms with van der Waals surface area (Å²) in [7, 11) is 0. The van der Waals surface area contributed by atoms with E-state index >= 15 is 0 Å². The third-order valence-corrected chi connectivity index (χ3v) is 4.97. The highest BCUT2D eigenvalue weighted by atomic mass is 16.1. The standard InChI is InChI=1S/C21H18N6O/c28-21-16-13-27(12-15-11-23-18-5-1-2-6-19(18)24-15)9-7-17(16)25-20(26-21)14-4-3-8-22-10-14/h1-6,8,10-11H,7,9,12-13H2,(H,25,26,28). The van der Waals surface area contributed by atoms with Crippen molar-refractivity contribution in [1.29, 1.82) is 0 Å². The average molecular weight is 370 g/mol. The normalized spacial score (nSPS) is 14.1. The molecule has 4 heterocycles. The molecule has 5 rings (SSSR count). The zero-order valence-corrected chi connectivity index (χ0v) is 15.2. The van der Waals surface area contributed by atoms with Crippen molar-refractivity contribution in [3.63, 3.8) is 0 Å². The lowest BCUT2D eigenvalue weighted by Gasteiger charge is -2.27. The first kappa shape index (κ1) is 16.7. The number of hydrogen-bond acceptors (Lipinski definition) is 6. The van der Waals surface area contributed by atoms with Gasteiger partial charge in [0.1, 0.15) is 5.82 Å². The highest BCUT2D eigenvalue weighted by Gasteiger charge is 2.22. The van der Waals surface area contributed by atoms with Gasteiger partial charge in [-0.25, -0.2) is 9.97 Å². The minimum Gasteiger partial charge on any atom is -0.306 e. The Hall–Kier alpha value is -3.45. The number of benzene rings is 1. The van der Waals surface area contributed by atoms with Crippen LogP contribution in [0.4, 0.5) is 0 Å². The maximum atomic E-state index is 12.7. The predicted molar refractivity (Wildman–Crippen MR) is 105 cm³/mol. The number of hydrogen-bond donors (Lipinski definition) is 1. The van der Waals surface area contributed by atoms with Gasteiger partial charge in [-0.3, -0.25) is 19.7 Å². The summed E-state index contributed by atoms with van der Waals surface area (Å²) in [5, 5.41) is 0. The quantitative estimate of drug-likeness (QED) is 0.596. The van der Waals surface area contributed by atoms with Gasteiger partial charge in [-0.1, -0.05) is 12.1 Å². The minimum atomic E-state index is -0.0850. The Kier molecular flexibility index (Phi) is 4.14. The first-order chi connectivity index (χ1) is 13.8. The fourth-order valence-electron chi connectivity index (χ4n) is 3.56. The van der Waals surface area contributed by atoms with Crippen LogP contribution < -0.4 is 5.56 Å². The number of H-pyrrole nitrogens is 1. The lowest BCUT2D eigenvalue weighted by Crippen LogP contribution is -2.35. The van der Waals surface area contributed by atoms with Crippen molar-refractivity contribution in [3.05, 3.63) is 82.3 Å². The molecule has 0 aliphatic carbocycles. The van der Waals surface area contributed by atoms with Crippen LogP contribution >= 0.6 is 0 Å². The third-order valence-electron chi connectivity index (χ3n) is 4.97. The summed E-state index contributed by atoms with van der Waals surface area (Å²) in [6, 6.07) is 11.6. The second-order valence-corrected chi connectivity index (χ2v) is 6.89. The van der Waals surface area contributed by atoms with Crippen molar-refractivity contribution in [2.75, 3.05) is 6.54 Å². The molecule has 0 saturated carbocycles. The Labute approximate surface area is 161 Å². The number of aromatic nitrogens is 5. The van der Waals surface area contributed by atoms with E-state index in [9.17, 15) is 4.79 Å². The molecule has 7 heteroatoms. The van der Waals surface area contributed by atoms with Gasteiger partial charge in [-0.15, -0.1) is 0 Å². The monoisotopic (exact) mass is 370 g/mol.